The molecule has 3 aromatic rings. The number of nitrogens with one attached hydrogen (secondary N) is 1. The molecule has 0 radical (unpaired) electrons. The first-order chi connectivity index (χ1) is 11.3. The second-order valence-electron chi connectivity index (χ2n) is 5.31. The predicted molar refractivity (Wildman–Crippen MR) is 93.6 cm³/mol. The number of amides is 2. The zero-order valence-corrected chi connectivity index (χ0v) is 13.7. The van der Waals surface area contributed by atoms with Gasteiger partial charge in [0.15, 0.2) is 0 Å². The van der Waals surface area contributed by atoms with Gasteiger partial charge in [-0.1, -0.05) is 37.3 Å². The Balaban J connectivity index is 1.72. The Morgan fingerprint density at radius 1 is 1.13 bits per heavy atom. The fraction of sp³-hybridized carbons (Fsp3) is 0.235. The number of hydrogen-bond acceptors (Lipinski definition) is 4. The van der Waals surface area contributed by atoms with E-state index >= 15 is 0 Å². The minimum atomic E-state index is -0.0989. The highest BCUT2D eigenvalue weighted by Gasteiger charge is 2.13. The number of nitrogens with zero attached hydrogens (tertiary/aromatic N) is 3. The summed E-state index contributed by atoms with van der Waals surface area (Å²) in [6.45, 7) is 3.38. The van der Waals surface area contributed by atoms with Crippen LogP contribution >= 0.6 is 11.7 Å². The van der Waals surface area contributed by atoms with Gasteiger partial charge in [0.25, 0.3) is 0 Å². The van der Waals surface area contributed by atoms with E-state index in [0.29, 0.717) is 13.1 Å². The molecule has 2 amide bonds. The minimum absolute atomic E-state index is 0.0989. The fourth-order valence-corrected chi connectivity index (χ4v) is 2.91. The number of carbonyl (C=O) groups excluding carboxylic acids is 1. The van der Waals surface area contributed by atoms with Gasteiger partial charge in [-0.25, -0.2) is 4.79 Å². The van der Waals surface area contributed by atoms with E-state index in [0.717, 1.165) is 28.7 Å². The molecule has 1 N–H and O–H groups in total. The van der Waals surface area contributed by atoms with Gasteiger partial charge in [0.2, 0.25) is 0 Å². The first-order valence-corrected chi connectivity index (χ1v) is 8.31. The van der Waals surface area contributed by atoms with E-state index in [9.17, 15) is 4.79 Å². The quantitative estimate of drug-likeness (QED) is 0.767. The van der Waals surface area contributed by atoms with Crippen LogP contribution < -0.4 is 5.32 Å². The fourth-order valence-electron chi connectivity index (χ4n) is 2.39. The summed E-state index contributed by atoms with van der Waals surface area (Å²) < 4.78 is 8.37. The lowest BCUT2D eigenvalue weighted by molar-refractivity contribution is 0.209. The number of carbonyl (C=O) groups is 1. The highest BCUT2D eigenvalue weighted by atomic mass is 32.1. The Morgan fingerprint density at radius 2 is 1.91 bits per heavy atom. The highest BCUT2D eigenvalue weighted by molar-refractivity contribution is 7.00. The largest absolute Gasteiger partial charge is 0.322 e. The van der Waals surface area contributed by atoms with E-state index in [1.54, 1.807) is 0 Å². The summed E-state index contributed by atoms with van der Waals surface area (Å²) in [4.78, 5) is 14.4. The van der Waals surface area contributed by atoms with E-state index in [1.807, 2.05) is 53.4 Å². The number of hydrogen-bond donors (Lipinski definition) is 1. The van der Waals surface area contributed by atoms with Crippen molar-refractivity contribution in [3.05, 3.63) is 54.1 Å². The van der Waals surface area contributed by atoms with Crippen LogP contribution in [0.1, 0.15) is 18.9 Å². The molecule has 3 rings (SSSR count). The minimum Gasteiger partial charge on any atom is -0.320 e. The number of fused-ring (bicyclic) bond motifs is 1. The van der Waals surface area contributed by atoms with E-state index in [-0.39, 0.29) is 6.03 Å². The molecule has 0 saturated carbocycles. The third kappa shape index (κ3) is 3.84. The number of anilines is 1. The van der Waals surface area contributed by atoms with Gasteiger partial charge in [0, 0.05) is 18.8 Å². The summed E-state index contributed by atoms with van der Waals surface area (Å²) in [6, 6.07) is 15.5. The van der Waals surface area contributed by atoms with Crippen LogP contribution in [0.2, 0.25) is 0 Å². The molecule has 23 heavy (non-hydrogen) atoms. The molecule has 1 heterocycles. The van der Waals surface area contributed by atoms with E-state index < -0.39 is 0 Å². The van der Waals surface area contributed by atoms with Crippen LogP contribution in [0, 0.1) is 0 Å². The Bertz CT molecular complexity index is 787. The molecule has 0 spiro atoms. The van der Waals surface area contributed by atoms with Crippen molar-refractivity contribution in [1.29, 1.82) is 0 Å². The molecule has 0 aliphatic rings. The number of urea groups is 1. The monoisotopic (exact) mass is 326 g/mol. The summed E-state index contributed by atoms with van der Waals surface area (Å²) in [6.07, 6.45) is 0.912. The third-order valence-electron chi connectivity index (χ3n) is 3.50. The van der Waals surface area contributed by atoms with Crippen molar-refractivity contribution < 1.29 is 4.79 Å². The van der Waals surface area contributed by atoms with Crippen LogP contribution in [0.5, 0.6) is 0 Å². The molecule has 0 aliphatic heterocycles. The molecule has 6 heteroatoms. The van der Waals surface area contributed by atoms with Gasteiger partial charge in [0.05, 0.1) is 11.7 Å². The average molecular weight is 326 g/mol. The van der Waals surface area contributed by atoms with Gasteiger partial charge >= 0.3 is 6.03 Å². The summed E-state index contributed by atoms with van der Waals surface area (Å²) in [5.41, 5.74) is 3.51. The maximum Gasteiger partial charge on any atom is 0.322 e. The Kier molecular flexibility index (Phi) is 4.83. The normalized spacial score (nSPS) is 10.7. The molecule has 0 saturated heterocycles. The van der Waals surface area contributed by atoms with Gasteiger partial charge in [-0.3, -0.25) is 0 Å². The average Bonchev–Trinajstić information content (AvgIpc) is 3.03. The molecule has 0 bridgehead atoms. The Morgan fingerprint density at radius 3 is 2.70 bits per heavy atom. The van der Waals surface area contributed by atoms with Crippen LogP contribution in [-0.2, 0) is 6.54 Å². The molecule has 0 fully saturated rings. The molecule has 5 nitrogen and oxygen atoms in total. The second-order valence-corrected chi connectivity index (χ2v) is 5.83. The van der Waals surface area contributed by atoms with Gasteiger partial charge in [-0.2, -0.15) is 8.75 Å². The van der Waals surface area contributed by atoms with Crippen molar-refractivity contribution in [2.24, 2.45) is 0 Å². The molecule has 0 unspecified atom stereocenters. The predicted octanol–water partition coefficient (Wildman–Crippen LogP) is 4.14. The van der Waals surface area contributed by atoms with Gasteiger partial charge < -0.3 is 10.2 Å². The standard InChI is InChI=1S/C17H18N4OS/c1-2-10-21(12-13-6-4-3-5-7-13)17(22)18-14-8-9-15-16(11-14)20-23-19-15/h3-9,11H,2,10,12H2,1H3,(H,18,22). The molecule has 2 aromatic carbocycles. The van der Waals surface area contributed by atoms with Gasteiger partial charge in [-0.15, -0.1) is 0 Å². The first-order valence-electron chi connectivity index (χ1n) is 7.58. The first kappa shape index (κ1) is 15.4. The molecule has 1 aromatic heterocycles. The number of aromatic nitrogens is 2. The number of rotatable bonds is 5. The lowest BCUT2D eigenvalue weighted by Crippen LogP contribution is -2.35. The summed E-state index contributed by atoms with van der Waals surface area (Å²) in [7, 11) is 0. The zero-order valence-electron chi connectivity index (χ0n) is 12.9. The van der Waals surface area contributed by atoms with Crippen LogP contribution in [-0.4, -0.2) is 26.2 Å². The summed E-state index contributed by atoms with van der Waals surface area (Å²) >= 11 is 1.17. The maximum absolute atomic E-state index is 12.6. The molecule has 0 atom stereocenters. The van der Waals surface area contributed by atoms with Crippen molar-refractivity contribution in [1.82, 2.24) is 13.6 Å². The Labute approximate surface area is 139 Å². The van der Waals surface area contributed by atoms with Crippen LogP contribution in [0.15, 0.2) is 48.5 Å². The lowest BCUT2D eigenvalue weighted by Gasteiger charge is -2.22. The summed E-state index contributed by atoms with van der Waals surface area (Å²) in [5.74, 6) is 0. The molecular formula is C17H18N4OS. The smallest absolute Gasteiger partial charge is 0.320 e. The molecule has 118 valence electrons. The Hall–Kier alpha value is -2.47. The van der Waals surface area contributed by atoms with Gasteiger partial charge in [0.1, 0.15) is 11.0 Å². The van der Waals surface area contributed by atoms with Crippen LogP contribution in [0.4, 0.5) is 10.5 Å². The number of benzene rings is 2. The summed E-state index contributed by atoms with van der Waals surface area (Å²) in [5, 5.41) is 2.95. The maximum atomic E-state index is 12.6. The van der Waals surface area contributed by atoms with Crippen LogP contribution in [0.25, 0.3) is 11.0 Å². The van der Waals surface area contributed by atoms with Crippen molar-refractivity contribution in [3.8, 4) is 0 Å². The second kappa shape index (κ2) is 7.19. The van der Waals surface area contributed by atoms with E-state index in [4.69, 9.17) is 0 Å². The third-order valence-corrected chi connectivity index (χ3v) is 4.06. The molecule has 0 aliphatic carbocycles. The van der Waals surface area contributed by atoms with Crippen molar-refractivity contribution >= 4 is 34.5 Å². The van der Waals surface area contributed by atoms with Crippen molar-refractivity contribution in [2.75, 3.05) is 11.9 Å². The topological polar surface area (TPSA) is 58.1 Å². The highest BCUT2D eigenvalue weighted by Crippen LogP contribution is 2.18. The van der Waals surface area contributed by atoms with Crippen molar-refractivity contribution in [3.63, 3.8) is 0 Å². The zero-order chi connectivity index (χ0) is 16.1. The van der Waals surface area contributed by atoms with Gasteiger partial charge in [-0.05, 0) is 30.2 Å². The molecular weight excluding hydrogens is 308 g/mol. The lowest BCUT2D eigenvalue weighted by atomic mass is 10.2. The SMILES string of the molecule is CCCN(Cc1ccccc1)C(=O)Nc1ccc2nsnc2c1. The van der Waals surface area contributed by atoms with E-state index in [2.05, 4.69) is 21.0 Å². The van der Waals surface area contributed by atoms with E-state index in [1.165, 1.54) is 11.7 Å². The van der Waals surface area contributed by atoms with Crippen molar-refractivity contribution in [2.45, 2.75) is 19.9 Å². The van der Waals surface area contributed by atoms with Crippen LogP contribution in [0.3, 0.4) is 0 Å².